The van der Waals surface area contributed by atoms with Gasteiger partial charge in [-0.2, -0.15) is 0 Å². The molecule has 27 heavy (non-hydrogen) atoms. The van der Waals surface area contributed by atoms with E-state index in [0.29, 0.717) is 24.3 Å². The Kier molecular flexibility index (Phi) is 5.96. The van der Waals surface area contributed by atoms with Crippen molar-refractivity contribution in [1.82, 2.24) is 10.3 Å². The number of ether oxygens (including phenoxy) is 2. The number of pyridine rings is 1. The van der Waals surface area contributed by atoms with E-state index >= 15 is 0 Å². The summed E-state index contributed by atoms with van der Waals surface area (Å²) in [6.45, 7) is 0.196. The molecule has 0 spiro atoms. The van der Waals surface area contributed by atoms with Gasteiger partial charge in [-0.1, -0.05) is 6.07 Å². The minimum absolute atomic E-state index is 0.0544. The second-order valence-corrected chi connectivity index (χ2v) is 6.89. The molecule has 3 rings (SSSR count). The van der Waals surface area contributed by atoms with Crippen LogP contribution in [0.15, 0.2) is 36.7 Å². The third kappa shape index (κ3) is 4.39. The molecule has 0 saturated carbocycles. The van der Waals surface area contributed by atoms with Crippen LogP contribution in [0.1, 0.15) is 36.0 Å². The van der Waals surface area contributed by atoms with Crippen molar-refractivity contribution in [1.29, 1.82) is 0 Å². The van der Waals surface area contributed by atoms with Crippen LogP contribution in [-0.4, -0.2) is 36.8 Å². The first-order chi connectivity index (χ1) is 13.1. The van der Waals surface area contributed by atoms with E-state index in [2.05, 4.69) is 10.3 Å². The largest absolute Gasteiger partial charge is 0.493 e. The molecule has 1 atom stereocenters. The van der Waals surface area contributed by atoms with Crippen LogP contribution in [0.25, 0.3) is 0 Å². The maximum atomic E-state index is 12.2. The van der Waals surface area contributed by atoms with Crippen LogP contribution < -0.4 is 14.8 Å². The van der Waals surface area contributed by atoms with Gasteiger partial charge in [0, 0.05) is 18.8 Å². The lowest BCUT2D eigenvalue weighted by Gasteiger charge is -2.25. The molecule has 0 fully saturated rings. The fraction of sp³-hybridized carbons (Fsp3) is 0.429. The van der Waals surface area contributed by atoms with Gasteiger partial charge in [-0.05, 0) is 60.6 Å². The first kappa shape index (κ1) is 19.2. The van der Waals surface area contributed by atoms with Crippen molar-refractivity contribution < 1.29 is 19.4 Å². The average Bonchev–Trinajstić information content (AvgIpc) is 3.02. The van der Waals surface area contributed by atoms with Crippen molar-refractivity contribution >= 4 is 5.91 Å². The molecule has 0 aliphatic heterocycles. The normalized spacial score (nSPS) is 18.0. The number of rotatable bonds is 8. The number of fused-ring (bicyclic) bond motifs is 1. The van der Waals surface area contributed by atoms with Crippen LogP contribution in [0.2, 0.25) is 0 Å². The monoisotopic (exact) mass is 370 g/mol. The van der Waals surface area contributed by atoms with E-state index in [1.54, 1.807) is 20.4 Å². The van der Waals surface area contributed by atoms with Gasteiger partial charge in [-0.25, -0.2) is 0 Å². The number of aryl methyl sites for hydroxylation is 2. The molecular weight excluding hydrogens is 344 g/mol. The van der Waals surface area contributed by atoms with Gasteiger partial charge in [-0.15, -0.1) is 0 Å². The van der Waals surface area contributed by atoms with Gasteiger partial charge in [0.2, 0.25) is 5.91 Å². The zero-order valence-corrected chi connectivity index (χ0v) is 15.8. The van der Waals surface area contributed by atoms with Crippen LogP contribution in [0.4, 0.5) is 0 Å². The quantitative estimate of drug-likeness (QED) is 0.746. The molecule has 2 N–H and O–H groups in total. The van der Waals surface area contributed by atoms with Crippen LogP contribution in [-0.2, 0) is 23.2 Å². The molecule has 2 aromatic rings. The number of methoxy groups -OCH3 is 2. The van der Waals surface area contributed by atoms with Crippen LogP contribution in [0, 0.1) is 0 Å². The van der Waals surface area contributed by atoms with E-state index < -0.39 is 5.60 Å². The number of benzene rings is 1. The molecular formula is C21H26N2O4. The standard InChI is InChI=1S/C21H26N2O4/c1-26-18-11-16-8-9-21(25,17(16)12-19(18)27-2)14-23-20(24)7-3-5-15-6-4-10-22-13-15/h4,6,10-13,25H,3,5,7-9,14H2,1-2H3,(H,23,24). The van der Waals surface area contributed by atoms with Crippen LogP contribution in [0.5, 0.6) is 11.5 Å². The molecule has 0 saturated heterocycles. The second-order valence-electron chi connectivity index (χ2n) is 6.89. The van der Waals surface area contributed by atoms with Gasteiger partial charge < -0.3 is 19.9 Å². The summed E-state index contributed by atoms with van der Waals surface area (Å²) in [5, 5.41) is 13.9. The van der Waals surface area contributed by atoms with Crippen LogP contribution in [0.3, 0.4) is 0 Å². The molecule has 1 aliphatic rings. The predicted octanol–water partition coefficient (Wildman–Crippen LogP) is 2.37. The third-order valence-electron chi connectivity index (χ3n) is 5.09. The summed E-state index contributed by atoms with van der Waals surface area (Å²) in [4.78, 5) is 16.3. The lowest BCUT2D eigenvalue weighted by molar-refractivity contribution is -0.122. The molecule has 6 heteroatoms. The van der Waals surface area contributed by atoms with E-state index in [4.69, 9.17) is 9.47 Å². The highest BCUT2D eigenvalue weighted by Gasteiger charge is 2.38. The fourth-order valence-corrected chi connectivity index (χ4v) is 3.55. The van der Waals surface area contributed by atoms with Crippen LogP contribution >= 0.6 is 0 Å². The van der Waals surface area contributed by atoms with Crippen molar-refractivity contribution in [3.63, 3.8) is 0 Å². The summed E-state index contributed by atoms with van der Waals surface area (Å²) < 4.78 is 10.7. The number of carbonyl (C=O) groups is 1. The Bertz CT molecular complexity index is 794. The van der Waals surface area contributed by atoms with Crippen molar-refractivity contribution in [3.05, 3.63) is 53.3 Å². The predicted molar refractivity (Wildman–Crippen MR) is 102 cm³/mol. The smallest absolute Gasteiger partial charge is 0.220 e. The molecule has 0 bridgehead atoms. The number of aliphatic hydroxyl groups is 1. The number of nitrogens with one attached hydrogen (secondary N) is 1. The molecule has 1 aromatic carbocycles. The van der Waals surface area contributed by atoms with E-state index in [9.17, 15) is 9.90 Å². The summed E-state index contributed by atoms with van der Waals surface area (Å²) in [6.07, 6.45) is 6.84. The lowest BCUT2D eigenvalue weighted by atomic mass is 9.95. The maximum Gasteiger partial charge on any atom is 0.220 e. The number of hydrogen-bond donors (Lipinski definition) is 2. The van der Waals surface area contributed by atoms with E-state index in [1.807, 2.05) is 30.5 Å². The molecule has 1 unspecified atom stereocenters. The van der Waals surface area contributed by atoms with Crippen molar-refractivity contribution in [2.75, 3.05) is 20.8 Å². The molecule has 1 heterocycles. The Hall–Kier alpha value is -2.60. The van der Waals surface area contributed by atoms with Gasteiger partial charge in [0.15, 0.2) is 11.5 Å². The summed E-state index contributed by atoms with van der Waals surface area (Å²) in [6, 6.07) is 7.62. The molecule has 1 amide bonds. The Morgan fingerprint density at radius 3 is 2.78 bits per heavy atom. The summed E-state index contributed by atoms with van der Waals surface area (Å²) in [5.41, 5.74) is 1.87. The minimum atomic E-state index is -1.08. The zero-order chi connectivity index (χ0) is 19.3. The topological polar surface area (TPSA) is 80.7 Å². The number of aromatic nitrogens is 1. The summed E-state index contributed by atoms with van der Waals surface area (Å²) in [5.74, 6) is 1.18. The Labute approximate surface area is 159 Å². The molecule has 144 valence electrons. The Balaban J connectivity index is 1.56. The van der Waals surface area contributed by atoms with E-state index in [0.717, 1.165) is 36.0 Å². The number of carbonyl (C=O) groups excluding carboxylic acids is 1. The van der Waals surface area contributed by atoms with E-state index in [1.165, 1.54) is 0 Å². The molecule has 1 aromatic heterocycles. The molecule has 0 radical (unpaired) electrons. The fourth-order valence-electron chi connectivity index (χ4n) is 3.55. The third-order valence-corrected chi connectivity index (χ3v) is 5.09. The van der Waals surface area contributed by atoms with Gasteiger partial charge in [0.25, 0.3) is 0 Å². The highest BCUT2D eigenvalue weighted by atomic mass is 16.5. The minimum Gasteiger partial charge on any atom is -0.493 e. The highest BCUT2D eigenvalue weighted by molar-refractivity contribution is 5.76. The van der Waals surface area contributed by atoms with Crippen molar-refractivity contribution in [2.24, 2.45) is 0 Å². The Morgan fingerprint density at radius 1 is 1.30 bits per heavy atom. The Morgan fingerprint density at radius 2 is 2.07 bits per heavy atom. The SMILES string of the molecule is COc1cc2c(cc1OC)C(O)(CNC(=O)CCCc1cccnc1)CC2. The van der Waals surface area contributed by atoms with Gasteiger partial charge in [0.1, 0.15) is 5.60 Å². The average molecular weight is 370 g/mol. The first-order valence-electron chi connectivity index (χ1n) is 9.19. The van der Waals surface area contributed by atoms with Gasteiger partial charge in [-0.3, -0.25) is 9.78 Å². The molecule has 1 aliphatic carbocycles. The molecule has 6 nitrogen and oxygen atoms in total. The van der Waals surface area contributed by atoms with Crippen molar-refractivity contribution in [2.45, 2.75) is 37.7 Å². The number of hydrogen-bond acceptors (Lipinski definition) is 5. The number of nitrogens with zero attached hydrogens (tertiary/aromatic N) is 1. The summed E-state index contributed by atoms with van der Waals surface area (Å²) >= 11 is 0. The van der Waals surface area contributed by atoms with Gasteiger partial charge in [0.05, 0.1) is 20.8 Å². The van der Waals surface area contributed by atoms with Gasteiger partial charge >= 0.3 is 0 Å². The second kappa shape index (κ2) is 8.39. The maximum absolute atomic E-state index is 12.2. The summed E-state index contributed by atoms with van der Waals surface area (Å²) in [7, 11) is 3.17. The lowest BCUT2D eigenvalue weighted by Crippen LogP contribution is -2.39. The van der Waals surface area contributed by atoms with Crippen molar-refractivity contribution in [3.8, 4) is 11.5 Å². The zero-order valence-electron chi connectivity index (χ0n) is 15.8. The van der Waals surface area contributed by atoms with E-state index in [-0.39, 0.29) is 12.5 Å². The number of amides is 1. The highest BCUT2D eigenvalue weighted by Crippen LogP contribution is 2.42. The first-order valence-corrected chi connectivity index (χ1v) is 9.19.